The third-order valence-electron chi connectivity index (χ3n) is 19.3. The van der Waals surface area contributed by atoms with Gasteiger partial charge in [-0.05, 0) is 151 Å². The molecule has 434 valence electrons. The molecule has 0 aliphatic carbocycles. The molecule has 0 unspecified atom stereocenters. The number of aromatic nitrogens is 1. The first-order chi connectivity index (χ1) is 44.8. The van der Waals surface area contributed by atoms with Crippen molar-refractivity contribution in [3.63, 3.8) is 0 Å². The highest BCUT2D eigenvalue weighted by Gasteiger charge is 2.46. The zero-order valence-corrected chi connectivity index (χ0v) is 51.7. The number of rotatable bonds is 11. The standard InChI is InChI=1S/C86H66BN3O/c1-5-6-28-62-52-80-82(68-41-24-27-44-79(68)91-80)81(60-37-20-11-21-38-60)84(62)90-76-55-65(88-73-42-25-22-39-66(73)67-40-23-26-43-74(67)88)46-47-71(76)87-72-51-61(56-29-12-7-13-30-56)45-48-75(72)89(77-53-64(86(2,3)4)54-78(90)83(77)87)85-69(58-33-16-9-17-34-58)49-63(57-31-14-8-15-32-57)50-70(85)59-35-18-10-19-36-59/h7-27,29-55H,5-6,28H2,1-4H3. The van der Waals surface area contributed by atoms with Gasteiger partial charge in [0, 0.05) is 66.7 Å². The van der Waals surface area contributed by atoms with E-state index >= 15 is 0 Å². The van der Waals surface area contributed by atoms with Crippen molar-refractivity contribution in [1.82, 2.24) is 4.57 Å². The van der Waals surface area contributed by atoms with Crippen molar-refractivity contribution in [3.8, 4) is 61.3 Å². The molecule has 13 aromatic carbocycles. The van der Waals surface area contributed by atoms with Gasteiger partial charge in [0.25, 0.3) is 6.71 Å². The van der Waals surface area contributed by atoms with E-state index in [0.717, 1.165) is 97.3 Å². The maximum Gasteiger partial charge on any atom is 0.252 e. The van der Waals surface area contributed by atoms with E-state index in [2.05, 4.69) is 333 Å². The number of furan rings is 1. The van der Waals surface area contributed by atoms with Crippen LogP contribution in [-0.4, -0.2) is 11.3 Å². The van der Waals surface area contributed by atoms with Gasteiger partial charge in [-0.1, -0.05) is 259 Å². The molecule has 15 aromatic rings. The largest absolute Gasteiger partial charge is 0.456 e. The molecule has 0 radical (unpaired) electrons. The van der Waals surface area contributed by atoms with Gasteiger partial charge in [-0.15, -0.1) is 0 Å². The van der Waals surface area contributed by atoms with E-state index in [9.17, 15) is 0 Å². The Kier molecular flexibility index (Phi) is 13.0. The van der Waals surface area contributed by atoms with Crippen molar-refractivity contribution in [2.75, 3.05) is 9.80 Å². The van der Waals surface area contributed by atoms with Crippen LogP contribution in [0.3, 0.4) is 0 Å². The second-order valence-corrected chi connectivity index (χ2v) is 25.8. The minimum atomic E-state index is -0.291. The monoisotopic (exact) mass is 1170 g/mol. The third-order valence-corrected chi connectivity index (χ3v) is 19.3. The molecule has 2 aromatic heterocycles. The lowest BCUT2D eigenvalue weighted by Crippen LogP contribution is -2.61. The Labute approximate surface area is 532 Å². The van der Waals surface area contributed by atoms with E-state index in [1.54, 1.807) is 0 Å². The van der Waals surface area contributed by atoms with Crippen LogP contribution in [0.1, 0.15) is 51.7 Å². The molecule has 2 aliphatic heterocycles. The Morgan fingerprint density at radius 2 is 0.901 bits per heavy atom. The van der Waals surface area contributed by atoms with Crippen molar-refractivity contribution in [2.45, 2.75) is 52.4 Å². The number of benzene rings is 13. The van der Waals surface area contributed by atoms with Crippen molar-refractivity contribution in [2.24, 2.45) is 0 Å². The minimum absolute atomic E-state index is 0.200. The lowest BCUT2D eigenvalue weighted by atomic mass is 9.33. The lowest BCUT2D eigenvalue weighted by Gasteiger charge is -2.46. The summed E-state index contributed by atoms with van der Waals surface area (Å²) < 4.78 is 9.54. The van der Waals surface area contributed by atoms with Gasteiger partial charge >= 0.3 is 0 Å². The van der Waals surface area contributed by atoms with Crippen LogP contribution in [0.4, 0.5) is 34.1 Å². The summed E-state index contributed by atoms with van der Waals surface area (Å²) in [6.07, 6.45) is 2.90. The number of unbranched alkanes of at least 4 members (excludes halogenated alkanes) is 1. The molecular formula is C86H66BN3O. The molecular weight excluding hydrogens is 1100 g/mol. The summed E-state index contributed by atoms with van der Waals surface area (Å²) in [5.41, 5.74) is 29.8. The summed E-state index contributed by atoms with van der Waals surface area (Å²) in [5.74, 6) is 0. The summed E-state index contributed by atoms with van der Waals surface area (Å²) in [6, 6.07) is 109. The second-order valence-electron chi connectivity index (χ2n) is 25.8. The lowest BCUT2D eigenvalue weighted by molar-refractivity contribution is 0.590. The van der Waals surface area contributed by atoms with Crippen molar-refractivity contribution in [3.05, 3.63) is 302 Å². The van der Waals surface area contributed by atoms with Crippen molar-refractivity contribution >= 4 is 101 Å². The van der Waals surface area contributed by atoms with Gasteiger partial charge in [-0.25, -0.2) is 0 Å². The Bertz CT molecular complexity index is 5200. The van der Waals surface area contributed by atoms with Gasteiger partial charge in [-0.2, -0.15) is 0 Å². The molecule has 0 bridgehead atoms. The van der Waals surface area contributed by atoms with Crippen LogP contribution in [0.25, 0.3) is 105 Å². The zero-order valence-electron chi connectivity index (χ0n) is 51.7. The fourth-order valence-electron chi connectivity index (χ4n) is 15.0. The van der Waals surface area contributed by atoms with Crippen LogP contribution < -0.4 is 26.2 Å². The molecule has 17 rings (SSSR count). The zero-order chi connectivity index (χ0) is 60.9. The van der Waals surface area contributed by atoms with Gasteiger partial charge in [0.1, 0.15) is 11.2 Å². The normalized spacial score (nSPS) is 12.7. The van der Waals surface area contributed by atoms with Gasteiger partial charge in [0.15, 0.2) is 0 Å². The van der Waals surface area contributed by atoms with Gasteiger partial charge in [0.2, 0.25) is 0 Å². The minimum Gasteiger partial charge on any atom is -0.456 e. The smallest absolute Gasteiger partial charge is 0.252 e. The molecule has 91 heavy (non-hydrogen) atoms. The summed E-state index contributed by atoms with van der Waals surface area (Å²) in [4.78, 5) is 5.43. The van der Waals surface area contributed by atoms with Gasteiger partial charge in [-0.3, -0.25) is 0 Å². The molecule has 0 fully saturated rings. The van der Waals surface area contributed by atoms with Gasteiger partial charge < -0.3 is 18.8 Å². The molecule has 0 atom stereocenters. The highest BCUT2D eigenvalue weighted by atomic mass is 16.3. The van der Waals surface area contributed by atoms with E-state index < -0.39 is 0 Å². The van der Waals surface area contributed by atoms with E-state index in [-0.39, 0.29) is 12.1 Å². The molecule has 0 spiro atoms. The van der Waals surface area contributed by atoms with Gasteiger partial charge in [0.05, 0.1) is 22.4 Å². The number of hydrogen-bond acceptors (Lipinski definition) is 3. The van der Waals surface area contributed by atoms with Crippen LogP contribution in [0.2, 0.25) is 0 Å². The first-order valence-corrected chi connectivity index (χ1v) is 32.2. The Hall–Kier alpha value is -10.9. The predicted octanol–water partition coefficient (Wildman–Crippen LogP) is 21.7. The quantitative estimate of drug-likeness (QED) is 0.121. The summed E-state index contributed by atoms with van der Waals surface area (Å²) in [6.45, 7) is 9.28. The second kappa shape index (κ2) is 21.7. The fourth-order valence-corrected chi connectivity index (χ4v) is 15.0. The molecule has 5 heteroatoms. The highest BCUT2D eigenvalue weighted by Crippen LogP contribution is 2.55. The number of hydrogen-bond donors (Lipinski definition) is 0. The Balaban J connectivity index is 1.07. The Morgan fingerprint density at radius 1 is 0.385 bits per heavy atom. The molecule has 0 saturated carbocycles. The van der Waals surface area contributed by atoms with Crippen LogP contribution in [0.5, 0.6) is 0 Å². The maximum atomic E-state index is 7.05. The number of fused-ring (bicyclic) bond motifs is 10. The SMILES string of the molecule is CCCCc1cc2oc3ccccc3c2c(-c2ccccc2)c1N1c2cc(-n3c4ccccc4c4ccccc43)ccc2B2c3cc(-c4ccccc4)ccc3N(c3c(-c4ccccc4)cc(-c4ccccc4)cc3-c3ccccc3)c3cc(C(C)(C)C)cc1c32. The molecule has 0 saturated heterocycles. The number of aryl methyl sites for hydroxylation is 1. The van der Waals surface area contributed by atoms with Crippen LogP contribution in [0, 0.1) is 0 Å². The molecule has 4 nitrogen and oxygen atoms in total. The average Bonchev–Trinajstić information content (AvgIpc) is 1.31. The topological polar surface area (TPSA) is 24.6 Å². The fraction of sp³-hybridized carbons (Fsp3) is 0.0930. The molecule has 2 aliphatic rings. The summed E-state index contributed by atoms with van der Waals surface area (Å²) in [7, 11) is 0. The number of anilines is 6. The predicted molar refractivity (Wildman–Crippen MR) is 387 cm³/mol. The third kappa shape index (κ3) is 8.89. The van der Waals surface area contributed by atoms with E-state index in [1.807, 2.05) is 0 Å². The maximum absolute atomic E-state index is 7.05. The molecule has 0 amide bonds. The first-order valence-electron chi connectivity index (χ1n) is 32.2. The number of para-hydroxylation sites is 3. The Morgan fingerprint density at radius 3 is 1.48 bits per heavy atom. The van der Waals surface area contributed by atoms with Crippen molar-refractivity contribution in [1.29, 1.82) is 0 Å². The molecule has 4 heterocycles. The molecule has 0 N–H and O–H groups in total. The van der Waals surface area contributed by atoms with Crippen molar-refractivity contribution < 1.29 is 4.42 Å². The first kappa shape index (κ1) is 54.3. The highest BCUT2D eigenvalue weighted by molar-refractivity contribution is 7.00. The summed E-state index contributed by atoms with van der Waals surface area (Å²) >= 11 is 0. The van der Waals surface area contributed by atoms with E-state index in [0.29, 0.717) is 0 Å². The van der Waals surface area contributed by atoms with E-state index in [4.69, 9.17) is 4.42 Å². The van der Waals surface area contributed by atoms with Crippen LogP contribution >= 0.6 is 0 Å². The van der Waals surface area contributed by atoms with E-state index in [1.165, 1.54) is 88.6 Å². The average molecular weight is 1170 g/mol. The summed E-state index contributed by atoms with van der Waals surface area (Å²) in [5, 5.41) is 4.70. The van der Waals surface area contributed by atoms with Crippen LogP contribution in [-0.2, 0) is 11.8 Å². The number of nitrogens with zero attached hydrogens (tertiary/aromatic N) is 3. The van der Waals surface area contributed by atoms with Crippen LogP contribution in [0.15, 0.2) is 296 Å².